The third kappa shape index (κ3) is 2.83. The molecule has 1 fully saturated rings. The largest absolute Gasteiger partial charge is 0.469 e. The summed E-state index contributed by atoms with van der Waals surface area (Å²) < 4.78 is 5.22. The van der Waals surface area contributed by atoms with Gasteiger partial charge in [0.25, 0.3) is 5.91 Å². The minimum absolute atomic E-state index is 0.0497. The monoisotopic (exact) mass is 318 g/mol. The predicted octanol–water partition coefficient (Wildman–Crippen LogP) is 3.51. The highest BCUT2D eigenvalue weighted by Gasteiger charge is 2.24. The fourth-order valence-corrected chi connectivity index (χ4v) is 3.02. The number of anilines is 1. The molecule has 0 bridgehead atoms. The van der Waals surface area contributed by atoms with E-state index in [0.717, 1.165) is 23.8 Å². The number of halogens is 1. The Bertz CT molecular complexity index is 688. The Balaban J connectivity index is 1.69. The highest BCUT2D eigenvalue weighted by molar-refractivity contribution is 6.30. The second kappa shape index (κ2) is 6.05. The van der Waals surface area contributed by atoms with Crippen LogP contribution in [0.15, 0.2) is 34.9 Å². The number of furan rings is 1. The Morgan fingerprint density at radius 1 is 1.14 bits per heavy atom. The number of carbonyl (C=O) groups excluding carboxylic acids is 1. The summed E-state index contributed by atoms with van der Waals surface area (Å²) >= 11 is 6.10. The molecule has 0 aliphatic carbocycles. The Morgan fingerprint density at radius 2 is 1.86 bits per heavy atom. The van der Waals surface area contributed by atoms with Crippen LogP contribution in [0.1, 0.15) is 21.7 Å². The highest BCUT2D eigenvalue weighted by Crippen LogP contribution is 2.25. The van der Waals surface area contributed by atoms with Gasteiger partial charge in [-0.05, 0) is 37.6 Å². The zero-order valence-corrected chi connectivity index (χ0v) is 13.6. The van der Waals surface area contributed by atoms with E-state index in [0.29, 0.717) is 24.4 Å². The lowest BCUT2D eigenvalue weighted by Gasteiger charge is -2.36. The summed E-state index contributed by atoms with van der Waals surface area (Å²) in [6.45, 7) is 6.93. The molecule has 4 nitrogen and oxygen atoms in total. The lowest BCUT2D eigenvalue weighted by Crippen LogP contribution is -2.49. The van der Waals surface area contributed by atoms with E-state index in [2.05, 4.69) is 11.8 Å². The molecule has 1 aromatic heterocycles. The molecule has 1 aliphatic rings. The van der Waals surface area contributed by atoms with Crippen LogP contribution in [0.2, 0.25) is 5.02 Å². The van der Waals surface area contributed by atoms with Crippen LogP contribution >= 0.6 is 11.6 Å². The second-order valence-corrected chi connectivity index (χ2v) is 6.04. The van der Waals surface area contributed by atoms with Gasteiger partial charge in [-0.3, -0.25) is 4.79 Å². The van der Waals surface area contributed by atoms with E-state index in [9.17, 15) is 4.79 Å². The molecule has 0 saturated carbocycles. The molecule has 2 aromatic rings. The topological polar surface area (TPSA) is 36.7 Å². The number of rotatable bonds is 2. The third-order valence-electron chi connectivity index (χ3n) is 4.17. The molecule has 0 radical (unpaired) electrons. The first-order chi connectivity index (χ1) is 10.6. The van der Waals surface area contributed by atoms with Crippen molar-refractivity contribution in [2.45, 2.75) is 13.8 Å². The molecule has 0 atom stereocenters. The zero-order chi connectivity index (χ0) is 15.7. The van der Waals surface area contributed by atoms with E-state index in [1.54, 1.807) is 12.3 Å². The minimum Gasteiger partial charge on any atom is -0.469 e. The molecular formula is C17H19ClN2O2. The van der Waals surface area contributed by atoms with Crippen LogP contribution < -0.4 is 4.90 Å². The lowest BCUT2D eigenvalue weighted by molar-refractivity contribution is 0.0745. The van der Waals surface area contributed by atoms with Crippen molar-refractivity contribution in [1.29, 1.82) is 0 Å². The molecular weight excluding hydrogens is 300 g/mol. The molecule has 3 rings (SSSR count). The number of piperazine rings is 1. The fraction of sp³-hybridized carbons (Fsp3) is 0.353. The third-order valence-corrected chi connectivity index (χ3v) is 4.40. The maximum Gasteiger partial charge on any atom is 0.257 e. The maximum absolute atomic E-state index is 12.5. The summed E-state index contributed by atoms with van der Waals surface area (Å²) in [4.78, 5) is 16.6. The van der Waals surface area contributed by atoms with Crippen LogP contribution in [-0.4, -0.2) is 37.0 Å². The number of carbonyl (C=O) groups is 1. The lowest BCUT2D eigenvalue weighted by atomic mass is 10.1. The first-order valence-electron chi connectivity index (χ1n) is 7.41. The Morgan fingerprint density at radius 3 is 2.50 bits per heavy atom. The predicted molar refractivity (Wildman–Crippen MR) is 87.8 cm³/mol. The summed E-state index contributed by atoms with van der Waals surface area (Å²) in [5.41, 5.74) is 3.02. The molecule has 1 aliphatic heterocycles. The second-order valence-electron chi connectivity index (χ2n) is 5.60. The van der Waals surface area contributed by atoms with E-state index >= 15 is 0 Å². The number of hydrogen-bond acceptors (Lipinski definition) is 3. The molecule has 22 heavy (non-hydrogen) atoms. The van der Waals surface area contributed by atoms with Crippen molar-refractivity contribution < 1.29 is 9.21 Å². The normalized spacial score (nSPS) is 15.2. The number of amides is 1. The molecule has 1 aromatic carbocycles. The van der Waals surface area contributed by atoms with Gasteiger partial charge in [0.2, 0.25) is 0 Å². The summed E-state index contributed by atoms with van der Waals surface area (Å²) in [6, 6.07) is 7.67. The summed E-state index contributed by atoms with van der Waals surface area (Å²) in [6.07, 6.45) is 1.56. The average Bonchev–Trinajstić information content (AvgIpc) is 2.95. The Kier molecular flexibility index (Phi) is 4.12. The Hall–Kier alpha value is -1.94. The van der Waals surface area contributed by atoms with Crippen molar-refractivity contribution in [3.05, 3.63) is 52.4 Å². The van der Waals surface area contributed by atoms with Crippen LogP contribution in [0.3, 0.4) is 0 Å². The van der Waals surface area contributed by atoms with Gasteiger partial charge in [0, 0.05) is 36.9 Å². The van der Waals surface area contributed by atoms with Crippen molar-refractivity contribution in [3.8, 4) is 0 Å². The molecule has 0 unspecified atom stereocenters. The Labute approximate surface area is 135 Å². The van der Waals surface area contributed by atoms with Crippen molar-refractivity contribution in [1.82, 2.24) is 4.90 Å². The maximum atomic E-state index is 12.5. The van der Waals surface area contributed by atoms with Crippen LogP contribution in [0.4, 0.5) is 5.69 Å². The van der Waals surface area contributed by atoms with Gasteiger partial charge in [-0.25, -0.2) is 0 Å². The fourth-order valence-electron chi connectivity index (χ4n) is 2.85. The van der Waals surface area contributed by atoms with Crippen LogP contribution in [-0.2, 0) is 0 Å². The van der Waals surface area contributed by atoms with Gasteiger partial charge in [0.1, 0.15) is 5.76 Å². The van der Waals surface area contributed by atoms with Gasteiger partial charge in [-0.2, -0.15) is 0 Å². The SMILES string of the molecule is Cc1ccc(Cl)cc1N1CCN(C(=O)c2ccoc2C)CC1. The number of benzene rings is 1. The first kappa shape index (κ1) is 15.0. The first-order valence-corrected chi connectivity index (χ1v) is 7.78. The van der Waals surface area contributed by atoms with Crippen molar-refractivity contribution in [2.75, 3.05) is 31.1 Å². The molecule has 1 saturated heterocycles. The number of hydrogen-bond donors (Lipinski definition) is 0. The van der Waals surface area contributed by atoms with E-state index < -0.39 is 0 Å². The molecule has 0 N–H and O–H groups in total. The average molecular weight is 319 g/mol. The zero-order valence-electron chi connectivity index (χ0n) is 12.8. The molecule has 5 heteroatoms. The number of nitrogens with zero attached hydrogens (tertiary/aromatic N) is 2. The smallest absolute Gasteiger partial charge is 0.257 e. The van der Waals surface area contributed by atoms with Crippen LogP contribution in [0, 0.1) is 13.8 Å². The quantitative estimate of drug-likeness (QED) is 0.850. The van der Waals surface area contributed by atoms with Gasteiger partial charge in [0.05, 0.1) is 11.8 Å². The van der Waals surface area contributed by atoms with E-state index in [4.69, 9.17) is 16.0 Å². The number of aryl methyl sites for hydroxylation is 2. The van der Waals surface area contributed by atoms with Gasteiger partial charge in [-0.1, -0.05) is 17.7 Å². The van der Waals surface area contributed by atoms with E-state index in [1.807, 2.05) is 30.0 Å². The summed E-state index contributed by atoms with van der Waals surface area (Å²) in [5, 5.41) is 0.744. The van der Waals surface area contributed by atoms with Crippen molar-refractivity contribution in [2.24, 2.45) is 0 Å². The van der Waals surface area contributed by atoms with Gasteiger partial charge in [0.15, 0.2) is 0 Å². The molecule has 116 valence electrons. The minimum atomic E-state index is 0.0497. The molecule has 0 spiro atoms. The van der Waals surface area contributed by atoms with Gasteiger partial charge in [-0.15, -0.1) is 0 Å². The van der Waals surface area contributed by atoms with Crippen molar-refractivity contribution >= 4 is 23.2 Å². The summed E-state index contributed by atoms with van der Waals surface area (Å²) in [5.74, 6) is 0.729. The molecule has 1 amide bonds. The molecule has 2 heterocycles. The van der Waals surface area contributed by atoms with Crippen LogP contribution in [0.25, 0.3) is 0 Å². The van der Waals surface area contributed by atoms with Gasteiger partial charge >= 0.3 is 0 Å². The van der Waals surface area contributed by atoms with E-state index in [-0.39, 0.29) is 5.91 Å². The summed E-state index contributed by atoms with van der Waals surface area (Å²) in [7, 11) is 0. The van der Waals surface area contributed by atoms with Crippen molar-refractivity contribution in [3.63, 3.8) is 0 Å². The van der Waals surface area contributed by atoms with Crippen LogP contribution in [0.5, 0.6) is 0 Å². The van der Waals surface area contributed by atoms with E-state index in [1.165, 1.54) is 5.56 Å². The highest BCUT2D eigenvalue weighted by atomic mass is 35.5. The standard InChI is InChI=1S/C17H19ClN2O2/c1-12-3-4-14(18)11-16(12)19-6-8-20(9-7-19)17(21)15-5-10-22-13(15)2/h3-5,10-11H,6-9H2,1-2H3. The van der Waals surface area contributed by atoms with Gasteiger partial charge < -0.3 is 14.2 Å².